The van der Waals surface area contributed by atoms with Gasteiger partial charge >= 0.3 is 0 Å². The van der Waals surface area contributed by atoms with Crippen molar-refractivity contribution < 1.29 is 0 Å². The minimum Gasteiger partial charge on any atom is -0.309 e. The van der Waals surface area contributed by atoms with Crippen LogP contribution in [0.4, 0.5) is 0 Å². The van der Waals surface area contributed by atoms with Gasteiger partial charge in [-0.1, -0.05) is 26.2 Å². The van der Waals surface area contributed by atoms with Crippen molar-refractivity contribution in [1.29, 1.82) is 0 Å². The number of hydrogen-bond acceptors (Lipinski definition) is 2. The molecule has 0 spiro atoms. The quantitative estimate of drug-likeness (QED) is 0.494. The first-order chi connectivity index (χ1) is 9.54. The molecule has 2 heterocycles. The number of pyridine rings is 1. The van der Waals surface area contributed by atoms with E-state index in [1.54, 1.807) is 0 Å². The van der Waals surface area contributed by atoms with Crippen LogP contribution in [0.5, 0.6) is 0 Å². The molecule has 0 aliphatic rings. The summed E-state index contributed by atoms with van der Waals surface area (Å²) in [6, 6.07) is 2.37. The Kier molecular flexibility index (Phi) is 5.44. The van der Waals surface area contributed by atoms with E-state index in [1.165, 1.54) is 19.3 Å². The van der Waals surface area contributed by atoms with E-state index in [2.05, 4.69) is 44.3 Å². The summed E-state index contributed by atoms with van der Waals surface area (Å²) in [5.41, 5.74) is 1.84. The van der Waals surface area contributed by atoms with Gasteiger partial charge in [-0.15, -0.1) is 11.6 Å². The maximum atomic E-state index is 6.30. The molecule has 2 aromatic heterocycles. The second-order valence-corrected chi connectivity index (χ2v) is 6.87. The zero-order chi connectivity index (χ0) is 14.7. The van der Waals surface area contributed by atoms with Gasteiger partial charge in [0.15, 0.2) is 5.65 Å². The minimum absolute atomic E-state index is 0.114. The van der Waals surface area contributed by atoms with Crippen molar-refractivity contribution in [3.63, 3.8) is 0 Å². The average Bonchev–Trinajstić information content (AvgIpc) is 2.77. The van der Waals surface area contributed by atoms with Crippen LogP contribution in [0.2, 0.25) is 0 Å². The largest absolute Gasteiger partial charge is 0.309 e. The van der Waals surface area contributed by atoms with E-state index in [1.807, 2.05) is 19.2 Å². The molecule has 5 heteroatoms. The third kappa shape index (κ3) is 3.34. The van der Waals surface area contributed by atoms with E-state index in [0.29, 0.717) is 6.04 Å². The molecule has 0 aromatic carbocycles. The molecule has 0 aliphatic carbocycles. The number of fused-ring (bicyclic) bond motifs is 1. The molecule has 20 heavy (non-hydrogen) atoms. The number of alkyl halides is 1. The van der Waals surface area contributed by atoms with Crippen LogP contribution in [0.25, 0.3) is 11.2 Å². The molecule has 0 amide bonds. The lowest BCUT2D eigenvalue weighted by atomic mass is 10.1. The summed E-state index contributed by atoms with van der Waals surface area (Å²) < 4.78 is 3.15. The van der Waals surface area contributed by atoms with Gasteiger partial charge in [0, 0.05) is 16.7 Å². The van der Waals surface area contributed by atoms with Gasteiger partial charge in [-0.05, 0) is 42.3 Å². The first-order valence-corrected chi connectivity index (χ1v) is 8.45. The fraction of sp³-hybridized carbons (Fsp3) is 0.600. The van der Waals surface area contributed by atoms with Gasteiger partial charge in [-0.3, -0.25) is 0 Å². The van der Waals surface area contributed by atoms with Crippen molar-refractivity contribution >= 4 is 38.7 Å². The van der Waals surface area contributed by atoms with Crippen LogP contribution >= 0.6 is 27.5 Å². The number of aromatic nitrogens is 3. The third-order valence-electron chi connectivity index (χ3n) is 3.55. The molecule has 3 nitrogen and oxygen atoms in total. The highest BCUT2D eigenvalue weighted by atomic mass is 79.9. The van der Waals surface area contributed by atoms with Gasteiger partial charge in [0.2, 0.25) is 0 Å². The molecule has 2 unspecified atom stereocenters. The van der Waals surface area contributed by atoms with Gasteiger partial charge in [-0.25, -0.2) is 9.97 Å². The van der Waals surface area contributed by atoms with Crippen LogP contribution in [-0.4, -0.2) is 14.5 Å². The van der Waals surface area contributed by atoms with Crippen LogP contribution < -0.4 is 0 Å². The van der Waals surface area contributed by atoms with Gasteiger partial charge in [-0.2, -0.15) is 0 Å². The molecule has 2 rings (SSSR count). The maximum absolute atomic E-state index is 6.30. The van der Waals surface area contributed by atoms with Gasteiger partial charge < -0.3 is 4.57 Å². The minimum atomic E-state index is -0.114. The normalized spacial score (nSPS) is 14.7. The number of nitrogens with zero attached hydrogens (tertiary/aromatic N) is 3. The third-order valence-corrected chi connectivity index (χ3v) is 4.17. The molecular weight excluding hydrogens is 338 g/mol. The van der Waals surface area contributed by atoms with Crippen molar-refractivity contribution in [2.24, 2.45) is 0 Å². The highest BCUT2D eigenvalue weighted by Gasteiger charge is 2.19. The first-order valence-electron chi connectivity index (χ1n) is 7.22. The van der Waals surface area contributed by atoms with Gasteiger partial charge in [0.05, 0.1) is 5.38 Å². The number of imidazole rings is 1. The van der Waals surface area contributed by atoms with E-state index in [0.717, 1.165) is 27.9 Å². The standard InChI is InChI=1S/C15H21BrClN3/c1-4-5-6-7-10(2)20-14(11(3)17)19-13-8-12(16)9-18-15(13)20/h8-11H,4-7H2,1-3H3. The Morgan fingerprint density at radius 2 is 2.10 bits per heavy atom. The Balaban J connectivity index is 2.40. The number of unbranched alkanes of at least 4 members (excludes halogenated alkanes) is 2. The zero-order valence-corrected chi connectivity index (χ0v) is 14.6. The van der Waals surface area contributed by atoms with E-state index in [4.69, 9.17) is 11.6 Å². The monoisotopic (exact) mass is 357 g/mol. The molecule has 0 bridgehead atoms. The van der Waals surface area contributed by atoms with Crippen LogP contribution in [-0.2, 0) is 0 Å². The molecule has 0 saturated heterocycles. The topological polar surface area (TPSA) is 30.7 Å². The summed E-state index contributed by atoms with van der Waals surface area (Å²) in [6.45, 7) is 6.42. The zero-order valence-electron chi connectivity index (χ0n) is 12.2. The van der Waals surface area contributed by atoms with Crippen LogP contribution in [0.15, 0.2) is 16.7 Å². The SMILES string of the molecule is CCCCCC(C)n1c(C(C)Cl)nc2cc(Br)cnc21. The number of halogens is 2. The second-order valence-electron chi connectivity index (χ2n) is 5.30. The van der Waals surface area contributed by atoms with Gasteiger partial charge in [0.1, 0.15) is 11.3 Å². The molecule has 2 atom stereocenters. The lowest BCUT2D eigenvalue weighted by Gasteiger charge is -2.18. The van der Waals surface area contributed by atoms with E-state index in [9.17, 15) is 0 Å². The maximum Gasteiger partial charge on any atom is 0.160 e. The smallest absolute Gasteiger partial charge is 0.160 e. The summed E-state index contributed by atoms with van der Waals surface area (Å²) in [5, 5.41) is -0.114. The van der Waals surface area contributed by atoms with E-state index in [-0.39, 0.29) is 5.38 Å². The fourth-order valence-corrected chi connectivity index (χ4v) is 2.98. The van der Waals surface area contributed by atoms with Crippen molar-refractivity contribution in [3.8, 4) is 0 Å². The summed E-state index contributed by atoms with van der Waals surface area (Å²) in [5.74, 6) is 0.913. The first kappa shape index (κ1) is 15.8. The van der Waals surface area contributed by atoms with Gasteiger partial charge in [0.25, 0.3) is 0 Å². The Labute approximate surface area is 133 Å². The predicted octanol–water partition coefficient (Wildman–Crippen LogP) is 5.63. The summed E-state index contributed by atoms with van der Waals surface area (Å²) in [7, 11) is 0. The Morgan fingerprint density at radius 3 is 2.75 bits per heavy atom. The number of rotatable bonds is 6. The van der Waals surface area contributed by atoms with Crippen molar-refractivity contribution in [2.45, 2.75) is 57.9 Å². The molecule has 0 aliphatic heterocycles. The molecule has 0 radical (unpaired) electrons. The fourth-order valence-electron chi connectivity index (χ4n) is 2.51. The molecule has 110 valence electrons. The van der Waals surface area contributed by atoms with Crippen molar-refractivity contribution in [1.82, 2.24) is 14.5 Å². The van der Waals surface area contributed by atoms with Crippen molar-refractivity contribution in [2.75, 3.05) is 0 Å². The molecule has 0 saturated carbocycles. The Hall–Kier alpha value is -0.610. The average molecular weight is 359 g/mol. The van der Waals surface area contributed by atoms with Crippen LogP contribution in [0.1, 0.15) is 63.7 Å². The Morgan fingerprint density at radius 1 is 1.35 bits per heavy atom. The lowest BCUT2D eigenvalue weighted by Crippen LogP contribution is -2.10. The Bertz CT molecular complexity index is 580. The molecule has 2 aromatic rings. The molecule has 0 fully saturated rings. The van der Waals surface area contributed by atoms with Crippen LogP contribution in [0.3, 0.4) is 0 Å². The predicted molar refractivity (Wildman–Crippen MR) is 88.3 cm³/mol. The highest BCUT2D eigenvalue weighted by molar-refractivity contribution is 9.10. The van der Waals surface area contributed by atoms with Crippen molar-refractivity contribution in [3.05, 3.63) is 22.6 Å². The summed E-state index contributed by atoms with van der Waals surface area (Å²) in [4.78, 5) is 9.19. The highest BCUT2D eigenvalue weighted by Crippen LogP contribution is 2.30. The molecule has 0 N–H and O–H groups in total. The lowest BCUT2D eigenvalue weighted by molar-refractivity contribution is 0.470. The molecular formula is C15H21BrClN3. The summed E-state index contributed by atoms with van der Waals surface area (Å²) >= 11 is 9.75. The van der Waals surface area contributed by atoms with E-state index < -0.39 is 0 Å². The number of hydrogen-bond donors (Lipinski definition) is 0. The van der Waals surface area contributed by atoms with Crippen LogP contribution in [0, 0.1) is 0 Å². The van der Waals surface area contributed by atoms with E-state index >= 15 is 0 Å². The second kappa shape index (κ2) is 6.90. The summed E-state index contributed by atoms with van der Waals surface area (Å²) in [6.07, 6.45) is 6.68.